The van der Waals surface area contributed by atoms with Crippen LogP contribution in [0.25, 0.3) is 0 Å². The Balaban J connectivity index is 0.00000320. The van der Waals surface area contributed by atoms with Gasteiger partial charge in [0.05, 0.1) is 0 Å². The zero-order valence-corrected chi connectivity index (χ0v) is 20.5. The molecule has 0 saturated carbocycles. The predicted octanol–water partition coefficient (Wildman–Crippen LogP) is 3.95. The molecule has 30 heavy (non-hydrogen) atoms. The maximum Gasteiger partial charge on any atom is 0.223 e. The number of guanidine groups is 1. The quantitative estimate of drug-likeness (QED) is 0.252. The van der Waals surface area contributed by atoms with Gasteiger partial charge in [0.25, 0.3) is 0 Å². The molecule has 162 valence electrons. The monoisotopic (exact) mass is 520 g/mol. The van der Waals surface area contributed by atoms with Gasteiger partial charge in [-0.1, -0.05) is 53.6 Å². The van der Waals surface area contributed by atoms with Crippen molar-refractivity contribution in [1.29, 1.82) is 0 Å². The molecule has 1 aliphatic rings. The summed E-state index contributed by atoms with van der Waals surface area (Å²) in [6, 6.07) is 14.9. The van der Waals surface area contributed by atoms with Crippen molar-refractivity contribution in [3.63, 3.8) is 0 Å². The Bertz CT molecular complexity index is 836. The number of aryl methyl sites for hydroxylation is 2. The average Bonchev–Trinajstić information content (AvgIpc) is 3.13. The number of benzene rings is 2. The minimum absolute atomic E-state index is 0. The van der Waals surface area contributed by atoms with E-state index in [1.165, 1.54) is 27.8 Å². The number of rotatable bonds is 7. The second-order valence-corrected chi connectivity index (χ2v) is 7.79. The molecule has 6 heteroatoms. The Morgan fingerprint density at radius 3 is 2.20 bits per heavy atom. The smallest absolute Gasteiger partial charge is 0.223 e. The number of halogens is 1. The first kappa shape index (κ1) is 24.2. The van der Waals surface area contributed by atoms with Gasteiger partial charge in [0.2, 0.25) is 5.91 Å². The van der Waals surface area contributed by atoms with E-state index in [4.69, 9.17) is 0 Å². The van der Waals surface area contributed by atoms with Crippen molar-refractivity contribution < 1.29 is 4.79 Å². The normalized spacial score (nSPS) is 12.9. The molecule has 1 heterocycles. The fourth-order valence-electron chi connectivity index (χ4n) is 3.87. The molecule has 0 spiro atoms. The van der Waals surface area contributed by atoms with E-state index in [1.807, 2.05) is 17.0 Å². The van der Waals surface area contributed by atoms with Crippen molar-refractivity contribution in [2.75, 3.05) is 20.1 Å². The van der Waals surface area contributed by atoms with E-state index in [0.717, 1.165) is 45.0 Å². The molecule has 5 nitrogen and oxygen atoms in total. The molecule has 0 bridgehead atoms. The molecule has 0 radical (unpaired) electrons. The van der Waals surface area contributed by atoms with E-state index in [1.54, 1.807) is 7.05 Å². The highest BCUT2D eigenvalue weighted by atomic mass is 127. The number of carbonyl (C=O) groups is 1. The van der Waals surface area contributed by atoms with Crippen molar-refractivity contribution in [2.24, 2.45) is 4.99 Å². The summed E-state index contributed by atoms with van der Waals surface area (Å²) < 4.78 is 0. The summed E-state index contributed by atoms with van der Waals surface area (Å²) in [5.74, 6) is 1.01. The maximum absolute atomic E-state index is 12.5. The second kappa shape index (κ2) is 11.9. The van der Waals surface area contributed by atoms with Gasteiger partial charge < -0.3 is 15.5 Å². The summed E-state index contributed by atoms with van der Waals surface area (Å²) in [4.78, 5) is 18.7. The van der Waals surface area contributed by atoms with Crippen LogP contribution in [0.1, 0.15) is 40.7 Å². The number of aliphatic imine (C=N–C) groups is 1. The largest absolute Gasteiger partial charge is 0.356 e. The lowest BCUT2D eigenvalue weighted by Crippen LogP contribution is -2.39. The zero-order chi connectivity index (χ0) is 20.6. The molecule has 0 aliphatic carbocycles. The van der Waals surface area contributed by atoms with Gasteiger partial charge in [-0.05, 0) is 43.4 Å². The molecule has 0 unspecified atom stereocenters. The van der Waals surface area contributed by atoms with Crippen LogP contribution in [0.5, 0.6) is 0 Å². The molecule has 1 aliphatic heterocycles. The Morgan fingerprint density at radius 2 is 1.60 bits per heavy atom. The number of nitrogens with one attached hydrogen (secondary N) is 2. The van der Waals surface area contributed by atoms with Gasteiger partial charge >= 0.3 is 0 Å². The first-order valence-electron chi connectivity index (χ1n) is 10.4. The van der Waals surface area contributed by atoms with E-state index in [2.05, 4.69) is 59.8 Å². The highest BCUT2D eigenvalue weighted by Gasteiger charge is 2.22. The van der Waals surface area contributed by atoms with Crippen LogP contribution in [-0.4, -0.2) is 36.9 Å². The third-order valence-electron chi connectivity index (χ3n) is 5.26. The van der Waals surface area contributed by atoms with Gasteiger partial charge in [0, 0.05) is 39.6 Å². The lowest BCUT2D eigenvalue weighted by atomic mass is 10.1. The lowest BCUT2D eigenvalue weighted by molar-refractivity contribution is -0.131. The van der Waals surface area contributed by atoms with Gasteiger partial charge in [0.15, 0.2) is 5.96 Å². The van der Waals surface area contributed by atoms with Crippen LogP contribution in [0.2, 0.25) is 0 Å². The van der Waals surface area contributed by atoms with Crippen molar-refractivity contribution in [3.8, 4) is 0 Å². The zero-order valence-electron chi connectivity index (χ0n) is 18.2. The number of amides is 1. The van der Waals surface area contributed by atoms with Crippen LogP contribution in [0.3, 0.4) is 0 Å². The summed E-state index contributed by atoms with van der Waals surface area (Å²) >= 11 is 0. The number of nitrogens with zero attached hydrogens (tertiary/aromatic N) is 2. The molecule has 3 rings (SSSR count). The Hall–Kier alpha value is -2.09. The number of hydrogen-bond donors (Lipinski definition) is 2. The topological polar surface area (TPSA) is 56.7 Å². The van der Waals surface area contributed by atoms with Gasteiger partial charge in [-0.2, -0.15) is 0 Å². The Labute approximate surface area is 197 Å². The van der Waals surface area contributed by atoms with Crippen LogP contribution >= 0.6 is 24.0 Å². The molecule has 0 aromatic heterocycles. The van der Waals surface area contributed by atoms with Gasteiger partial charge in [0.1, 0.15) is 0 Å². The van der Waals surface area contributed by atoms with Crippen molar-refractivity contribution in [2.45, 2.75) is 46.2 Å². The molecule has 1 amide bonds. The van der Waals surface area contributed by atoms with Crippen LogP contribution < -0.4 is 10.6 Å². The van der Waals surface area contributed by atoms with Crippen LogP contribution in [0, 0.1) is 13.8 Å². The molecule has 0 fully saturated rings. The average molecular weight is 520 g/mol. The van der Waals surface area contributed by atoms with Crippen molar-refractivity contribution in [3.05, 3.63) is 70.3 Å². The van der Waals surface area contributed by atoms with E-state index in [9.17, 15) is 4.79 Å². The van der Waals surface area contributed by atoms with E-state index in [-0.39, 0.29) is 29.9 Å². The number of carbonyl (C=O) groups excluding carboxylic acids is 1. The summed E-state index contributed by atoms with van der Waals surface area (Å²) in [7, 11) is 1.78. The van der Waals surface area contributed by atoms with E-state index < -0.39 is 0 Å². The summed E-state index contributed by atoms with van der Waals surface area (Å²) in [5, 5.41) is 6.67. The molecule has 0 atom stereocenters. The molecule has 2 N–H and O–H groups in total. The minimum Gasteiger partial charge on any atom is -0.356 e. The third kappa shape index (κ3) is 7.00. The summed E-state index contributed by atoms with van der Waals surface area (Å²) in [6.45, 7) is 7.30. The lowest BCUT2D eigenvalue weighted by Gasteiger charge is -2.16. The molecule has 0 saturated heterocycles. The molecule has 2 aromatic carbocycles. The SMILES string of the molecule is CN=C(NCCCC(=O)N1Cc2ccccc2C1)NCCc1cc(C)cc(C)c1.I. The van der Waals surface area contributed by atoms with Crippen LogP contribution in [-0.2, 0) is 24.3 Å². The summed E-state index contributed by atoms with van der Waals surface area (Å²) in [6.07, 6.45) is 2.31. The Morgan fingerprint density at radius 1 is 1.00 bits per heavy atom. The van der Waals surface area contributed by atoms with Crippen LogP contribution in [0.4, 0.5) is 0 Å². The van der Waals surface area contributed by atoms with Gasteiger partial charge in [-0.15, -0.1) is 24.0 Å². The maximum atomic E-state index is 12.5. The molecular formula is C24H33IN4O. The highest BCUT2D eigenvalue weighted by molar-refractivity contribution is 14.0. The molecule has 2 aromatic rings. The van der Waals surface area contributed by atoms with Crippen molar-refractivity contribution >= 4 is 35.8 Å². The highest BCUT2D eigenvalue weighted by Crippen LogP contribution is 2.22. The van der Waals surface area contributed by atoms with Crippen molar-refractivity contribution in [1.82, 2.24) is 15.5 Å². The third-order valence-corrected chi connectivity index (χ3v) is 5.26. The van der Waals surface area contributed by atoms with Gasteiger partial charge in [-0.25, -0.2) is 0 Å². The first-order valence-corrected chi connectivity index (χ1v) is 10.4. The molecular weight excluding hydrogens is 487 g/mol. The summed E-state index contributed by atoms with van der Waals surface area (Å²) in [5.41, 5.74) is 6.48. The standard InChI is InChI=1S/C24H32N4O.HI/c1-18-13-19(2)15-20(14-18)10-12-27-24(25-3)26-11-6-9-23(29)28-16-21-7-4-5-8-22(21)17-28;/h4-5,7-8,13-15H,6,9-12,16-17H2,1-3H3,(H2,25,26,27);1H. The second-order valence-electron chi connectivity index (χ2n) is 7.79. The fraction of sp³-hybridized carbons (Fsp3) is 0.417. The number of hydrogen-bond acceptors (Lipinski definition) is 2. The first-order chi connectivity index (χ1) is 14.0. The van der Waals surface area contributed by atoms with Gasteiger partial charge in [-0.3, -0.25) is 9.79 Å². The van der Waals surface area contributed by atoms with E-state index >= 15 is 0 Å². The Kier molecular flexibility index (Phi) is 9.62. The predicted molar refractivity (Wildman–Crippen MR) is 134 cm³/mol. The van der Waals surface area contributed by atoms with Crippen LogP contribution in [0.15, 0.2) is 47.5 Å². The number of fused-ring (bicyclic) bond motifs is 1. The fourth-order valence-corrected chi connectivity index (χ4v) is 3.87. The minimum atomic E-state index is 0. The van der Waals surface area contributed by atoms with E-state index in [0.29, 0.717) is 6.42 Å².